The third-order valence-corrected chi connectivity index (χ3v) is 8.65. The Morgan fingerprint density at radius 3 is 2.43 bits per heavy atom. The van der Waals surface area contributed by atoms with Crippen LogP contribution in [0.1, 0.15) is 75.3 Å². The van der Waals surface area contributed by atoms with Gasteiger partial charge in [-0.2, -0.15) is 0 Å². The van der Waals surface area contributed by atoms with Gasteiger partial charge in [-0.25, -0.2) is 13.4 Å². The molecule has 0 aliphatic heterocycles. The van der Waals surface area contributed by atoms with Crippen molar-refractivity contribution in [1.29, 1.82) is 0 Å². The Morgan fingerprint density at radius 1 is 1.23 bits per heavy atom. The summed E-state index contributed by atoms with van der Waals surface area (Å²) in [5.41, 5.74) is 2.23. The van der Waals surface area contributed by atoms with Crippen molar-refractivity contribution in [1.82, 2.24) is 14.9 Å². The zero-order valence-corrected chi connectivity index (χ0v) is 23.2. The van der Waals surface area contributed by atoms with Crippen LogP contribution in [0.4, 0.5) is 0 Å². The number of hydrogen-bond donors (Lipinski definition) is 1. The molecular weight excluding hydrogens is 486 g/mol. The molecule has 0 saturated heterocycles. The minimum Gasteiger partial charge on any atom is -0.496 e. The lowest BCUT2D eigenvalue weighted by atomic mass is 9.87. The fraction of sp³-hybridized carbons (Fsp3) is 0.615. The smallest absolute Gasteiger partial charge is 0.273 e. The summed E-state index contributed by atoms with van der Waals surface area (Å²) in [6, 6.07) is 5.97. The lowest BCUT2D eigenvalue weighted by Gasteiger charge is -2.27. The predicted molar refractivity (Wildman–Crippen MR) is 141 cm³/mol. The van der Waals surface area contributed by atoms with Crippen LogP contribution in [0.3, 0.4) is 0 Å². The van der Waals surface area contributed by atoms with Crippen LogP contribution in [0.5, 0.6) is 5.75 Å². The van der Waals surface area contributed by atoms with Crippen molar-refractivity contribution < 1.29 is 17.9 Å². The highest BCUT2D eigenvalue weighted by atomic mass is 35.5. The largest absolute Gasteiger partial charge is 0.496 e. The summed E-state index contributed by atoms with van der Waals surface area (Å²) in [5, 5.41) is 2.97. The lowest BCUT2D eigenvalue weighted by Crippen LogP contribution is -2.34. The maximum Gasteiger partial charge on any atom is 0.273 e. The summed E-state index contributed by atoms with van der Waals surface area (Å²) >= 11 is 6.70. The van der Waals surface area contributed by atoms with Crippen LogP contribution in [-0.2, 0) is 22.7 Å². The molecule has 35 heavy (non-hydrogen) atoms. The summed E-state index contributed by atoms with van der Waals surface area (Å²) in [7, 11) is -1.35. The van der Waals surface area contributed by atoms with Gasteiger partial charge in [-0.05, 0) is 55.1 Å². The molecule has 1 aliphatic carbocycles. The Labute approximate surface area is 214 Å². The number of methoxy groups -OCH3 is 1. The maximum atomic E-state index is 13.0. The first-order valence-corrected chi connectivity index (χ1v) is 14.6. The fourth-order valence-corrected chi connectivity index (χ4v) is 6.21. The second-order valence-electron chi connectivity index (χ2n) is 10.8. The molecule has 1 aliphatic rings. The highest BCUT2D eigenvalue weighted by Gasteiger charge is 2.29. The van der Waals surface area contributed by atoms with Crippen LogP contribution in [0.2, 0.25) is 5.15 Å². The molecule has 0 bridgehead atoms. The highest BCUT2D eigenvalue weighted by molar-refractivity contribution is 7.91. The molecule has 1 aromatic carbocycles. The molecule has 9 heteroatoms. The van der Waals surface area contributed by atoms with Gasteiger partial charge in [-0.15, -0.1) is 0 Å². The summed E-state index contributed by atoms with van der Waals surface area (Å²) in [5.74, 6) is 1.41. The summed E-state index contributed by atoms with van der Waals surface area (Å²) in [6.07, 6.45) is 5.62. The first-order chi connectivity index (χ1) is 16.3. The van der Waals surface area contributed by atoms with Gasteiger partial charge in [0.2, 0.25) is 0 Å². The number of imidazole rings is 1. The second kappa shape index (κ2) is 10.9. The monoisotopic (exact) mass is 523 g/mol. The minimum atomic E-state index is -3.00. The number of nitrogens with zero attached hydrogens (tertiary/aromatic N) is 2. The lowest BCUT2D eigenvalue weighted by molar-refractivity contribution is 0.0939. The molecule has 3 rings (SSSR count). The molecule has 0 spiro atoms. The van der Waals surface area contributed by atoms with E-state index >= 15 is 0 Å². The number of hydrogen-bond acceptors (Lipinski definition) is 5. The molecule has 1 amide bonds. The molecule has 0 atom stereocenters. The van der Waals surface area contributed by atoms with Crippen molar-refractivity contribution in [2.45, 2.75) is 71.5 Å². The number of rotatable bonds is 8. The van der Waals surface area contributed by atoms with Gasteiger partial charge in [0.25, 0.3) is 5.91 Å². The van der Waals surface area contributed by atoms with Crippen molar-refractivity contribution in [2.75, 3.05) is 19.9 Å². The molecule has 1 aromatic heterocycles. The number of aromatic nitrogens is 2. The Hall–Kier alpha value is -2.06. The van der Waals surface area contributed by atoms with Gasteiger partial charge in [-0.1, -0.05) is 45.4 Å². The molecule has 194 valence electrons. The van der Waals surface area contributed by atoms with Crippen molar-refractivity contribution >= 4 is 27.3 Å². The van der Waals surface area contributed by atoms with E-state index in [1.54, 1.807) is 11.7 Å². The highest BCUT2D eigenvalue weighted by Crippen LogP contribution is 2.32. The molecule has 0 unspecified atom stereocenters. The first-order valence-electron chi connectivity index (χ1n) is 12.3. The molecule has 1 saturated carbocycles. The Balaban J connectivity index is 1.77. The molecule has 1 fully saturated rings. The first kappa shape index (κ1) is 27.5. The Bertz CT molecular complexity index is 1160. The van der Waals surface area contributed by atoms with E-state index in [1.165, 1.54) is 6.26 Å². The van der Waals surface area contributed by atoms with Gasteiger partial charge >= 0.3 is 0 Å². The number of sulfone groups is 1. The van der Waals surface area contributed by atoms with E-state index in [1.807, 2.05) is 25.1 Å². The predicted octanol–water partition coefficient (Wildman–Crippen LogP) is 5.02. The summed E-state index contributed by atoms with van der Waals surface area (Å²) < 4.78 is 31.0. The van der Waals surface area contributed by atoms with E-state index in [0.717, 1.165) is 36.3 Å². The van der Waals surface area contributed by atoms with E-state index in [9.17, 15) is 13.2 Å². The third-order valence-electron chi connectivity index (χ3n) is 6.62. The van der Waals surface area contributed by atoms with Crippen molar-refractivity contribution in [3.63, 3.8) is 0 Å². The Kier molecular flexibility index (Phi) is 8.58. The fourth-order valence-electron chi connectivity index (χ4n) is 4.76. The van der Waals surface area contributed by atoms with Crippen LogP contribution >= 0.6 is 11.6 Å². The van der Waals surface area contributed by atoms with Crippen molar-refractivity contribution in [3.05, 3.63) is 40.4 Å². The molecule has 1 heterocycles. The van der Waals surface area contributed by atoms with Gasteiger partial charge in [0, 0.05) is 25.3 Å². The van der Waals surface area contributed by atoms with E-state index in [-0.39, 0.29) is 33.3 Å². The van der Waals surface area contributed by atoms with Gasteiger partial charge in [0.1, 0.15) is 26.6 Å². The van der Waals surface area contributed by atoms with E-state index in [0.29, 0.717) is 31.6 Å². The van der Waals surface area contributed by atoms with Crippen molar-refractivity contribution in [3.8, 4) is 11.4 Å². The number of nitrogens with one attached hydrogen (secondary N) is 1. The number of carbonyl (C=O) groups is 1. The van der Waals surface area contributed by atoms with Gasteiger partial charge < -0.3 is 10.1 Å². The zero-order valence-electron chi connectivity index (χ0n) is 21.7. The SMILES string of the molecule is CCc1nc(C(=O)NCC2CCC(S(C)(=O)=O)CC2)c(Cl)n1-c1ccc(CC(C)(C)C)c(OC)c1. The van der Waals surface area contributed by atoms with Gasteiger partial charge in [0.15, 0.2) is 5.69 Å². The molecule has 7 nitrogen and oxygen atoms in total. The van der Waals surface area contributed by atoms with E-state index in [2.05, 4.69) is 31.1 Å². The van der Waals surface area contributed by atoms with Crippen LogP contribution in [0.25, 0.3) is 5.69 Å². The summed E-state index contributed by atoms with van der Waals surface area (Å²) in [6.45, 7) is 9.01. The normalized spacial score (nSPS) is 18.9. The molecule has 0 radical (unpaired) electrons. The van der Waals surface area contributed by atoms with Crippen LogP contribution in [0.15, 0.2) is 18.2 Å². The number of halogens is 1. The number of ether oxygens (including phenoxy) is 1. The topological polar surface area (TPSA) is 90.3 Å². The summed E-state index contributed by atoms with van der Waals surface area (Å²) in [4.78, 5) is 17.5. The number of carbonyl (C=O) groups excluding carboxylic acids is 1. The average Bonchev–Trinajstić information content (AvgIpc) is 3.12. The van der Waals surface area contributed by atoms with Crippen LogP contribution in [0, 0.1) is 11.3 Å². The molecule has 1 N–H and O–H groups in total. The number of aryl methyl sites for hydroxylation is 1. The maximum absolute atomic E-state index is 13.0. The number of amides is 1. The quantitative estimate of drug-likeness (QED) is 0.524. The molecule has 2 aromatic rings. The van der Waals surface area contributed by atoms with E-state index in [4.69, 9.17) is 16.3 Å². The van der Waals surface area contributed by atoms with E-state index < -0.39 is 9.84 Å². The third kappa shape index (κ3) is 6.79. The van der Waals surface area contributed by atoms with Crippen LogP contribution in [-0.4, -0.2) is 49.0 Å². The molecular formula is C26H38ClN3O4S. The Morgan fingerprint density at radius 2 is 1.89 bits per heavy atom. The zero-order chi connectivity index (χ0) is 26.0. The van der Waals surface area contributed by atoms with Crippen molar-refractivity contribution in [2.24, 2.45) is 11.3 Å². The minimum absolute atomic E-state index is 0.116. The second-order valence-corrected chi connectivity index (χ2v) is 13.5. The number of benzene rings is 1. The standard InChI is InChI=1S/C26H38ClN3O4S/c1-7-22-29-23(25(31)28-16-17-8-12-20(13-9-17)35(6,32)33)24(27)30(22)19-11-10-18(15-26(2,3)4)21(14-19)34-5/h10-11,14,17,20H,7-9,12-13,15-16H2,1-6H3,(H,28,31). The van der Waals surface area contributed by atoms with Gasteiger partial charge in [-0.3, -0.25) is 9.36 Å². The van der Waals surface area contributed by atoms with Gasteiger partial charge in [0.05, 0.1) is 18.0 Å². The van der Waals surface area contributed by atoms with Crippen LogP contribution < -0.4 is 10.1 Å². The average molecular weight is 524 g/mol.